The first-order valence-electron chi connectivity index (χ1n) is 15.2. The molecule has 5 N–H and O–H groups in total. The van der Waals surface area contributed by atoms with Crippen LogP contribution in [0.4, 0.5) is 10.5 Å². The van der Waals surface area contributed by atoms with Gasteiger partial charge in [0, 0.05) is 73.4 Å². The van der Waals surface area contributed by atoms with Gasteiger partial charge in [0.05, 0.1) is 35.6 Å². The highest BCUT2D eigenvalue weighted by molar-refractivity contribution is 6.76. The first-order valence-corrected chi connectivity index (χ1v) is 22.6. The number of aromatic carboxylic acids is 1. The minimum absolute atomic E-state index is 0.284. The van der Waals surface area contributed by atoms with Crippen molar-refractivity contribution in [3.05, 3.63) is 78.9 Å². The summed E-state index contributed by atoms with van der Waals surface area (Å²) >= 11 is 0. The Morgan fingerprint density at radius 2 is 1.26 bits per heavy atom. The maximum Gasteiger partial charge on any atom is 0.411 e. The summed E-state index contributed by atoms with van der Waals surface area (Å²) in [5.41, 5.74) is 4.69. The molecule has 0 bridgehead atoms. The molecule has 1 amide bonds. The van der Waals surface area contributed by atoms with Gasteiger partial charge in [-0.1, -0.05) is 51.4 Å². The molecule has 0 unspecified atom stereocenters. The molecule has 4 aromatic heterocycles. The molecular weight excluding hydrogens is 615 g/mol. The number of hydrogen-bond acceptors (Lipinski definition) is 6. The number of benzene rings is 2. The number of hydrogen-bond donors (Lipinski definition) is 5. The third kappa shape index (κ3) is 9.49. The Labute approximate surface area is 270 Å². The van der Waals surface area contributed by atoms with E-state index in [1.165, 1.54) is 0 Å². The van der Waals surface area contributed by atoms with E-state index in [0.29, 0.717) is 13.2 Å². The van der Waals surface area contributed by atoms with Crippen LogP contribution in [-0.2, 0) is 4.74 Å². The second-order valence-corrected chi connectivity index (χ2v) is 24.8. The summed E-state index contributed by atoms with van der Waals surface area (Å²) in [6.07, 6.45) is 6.63. The van der Waals surface area contributed by atoms with E-state index in [1.54, 1.807) is 36.9 Å². The van der Waals surface area contributed by atoms with Crippen LogP contribution < -0.4 is 5.32 Å². The zero-order chi connectivity index (χ0) is 33.5. The van der Waals surface area contributed by atoms with Crippen LogP contribution in [0.15, 0.2) is 73.3 Å². The third-order valence-corrected chi connectivity index (χ3v) is 10.7. The van der Waals surface area contributed by atoms with Gasteiger partial charge in [-0.2, -0.15) is 0 Å². The molecule has 0 aliphatic carbocycles. The van der Waals surface area contributed by atoms with E-state index in [9.17, 15) is 9.59 Å². The van der Waals surface area contributed by atoms with Crippen LogP contribution in [-0.4, -0.2) is 71.6 Å². The largest absolute Gasteiger partial charge is 0.478 e. The standard InChI is InChI=1S/C17H21N3O2Si.C12H8N2O2.C5H14OSi/c1-23(2,3)9-8-22-17(21)19-12-4-5-13-14-6-7-18-11-16(14)20-15(13)10-12;15-12(16)7-1-2-8-9-3-4-13-6-11(9)14-10(8)5-7;1-7(2,3)5-4-6/h4-7,10-11,20H,8-9H2,1-3H3,(H,19,21);1-6,14H,(H,15,16);6H,4-5H2,1-3H3. The van der Waals surface area contributed by atoms with Crippen LogP contribution in [0.1, 0.15) is 10.4 Å². The maximum atomic E-state index is 11.9. The number of amides is 1. The molecule has 0 spiro atoms. The predicted octanol–water partition coefficient (Wildman–Crippen LogP) is 8.33. The smallest absolute Gasteiger partial charge is 0.411 e. The normalized spacial score (nSPS) is 11.5. The van der Waals surface area contributed by atoms with Gasteiger partial charge in [0.1, 0.15) is 0 Å². The fourth-order valence-corrected chi connectivity index (χ4v) is 6.05. The number of rotatable bonds is 7. The van der Waals surface area contributed by atoms with E-state index >= 15 is 0 Å². The molecule has 4 heterocycles. The number of ether oxygens (including phenoxy) is 1. The SMILES string of the molecule is C[Si](C)(C)CCO.C[Si](C)(C)CCOC(=O)Nc1ccc2c(c1)[nH]c1cnccc12.O=C(O)c1ccc2c(c1)[nH]c1cnccc12. The number of aliphatic hydroxyl groups excluding tert-OH is 1. The Kier molecular flexibility index (Phi) is 11.0. The number of carbonyl (C=O) groups excluding carboxylic acids is 1. The van der Waals surface area contributed by atoms with Gasteiger partial charge >= 0.3 is 12.1 Å². The Balaban J connectivity index is 0.000000180. The predicted molar refractivity (Wildman–Crippen MR) is 193 cm³/mol. The molecule has 6 rings (SSSR count). The molecule has 12 heteroatoms. The van der Waals surface area contributed by atoms with Gasteiger partial charge in [0.25, 0.3) is 0 Å². The third-order valence-electron chi connectivity index (χ3n) is 7.24. The number of pyridine rings is 2. The summed E-state index contributed by atoms with van der Waals surface area (Å²) in [5.74, 6) is -0.918. The molecular formula is C34H43N5O5Si2. The number of nitrogens with one attached hydrogen (secondary N) is 3. The van der Waals surface area contributed by atoms with Crippen molar-refractivity contribution in [2.24, 2.45) is 0 Å². The molecule has 10 nitrogen and oxygen atoms in total. The Hall–Kier alpha value is -4.53. The number of fused-ring (bicyclic) bond motifs is 6. The van der Waals surface area contributed by atoms with E-state index in [4.69, 9.17) is 14.9 Å². The Bertz CT molecular complexity index is 1960. The summed E-state index contributed by atoms with van der Waals surface area (Å²) in [7, 11) is -2.09. The zero-order valence-corrected chi connectivity index (χ0v) is 29.3. The minimum atomic E-state index is -1.19. The second-order valence-electron chi connectivity index (χ2n) is 13.5. The van der Waals surface area contributed by atoms with E-state index in [0.717, 1.165) is 61.4 Å². The molecule has 242 valence electrons. The molecule has 0 radical (unpaired) electrons. The maximum absolute atomic E-state index is 11.9. The van der Waals surface area contributed by atoms with Crippen molar-refractivity contribution in [2.75, 3.05) is 18.5 Å². The van der Waals surface area contributed by atoms with Crippen LogP contribution in [0.2, 0.25) is 51.4 Å². The average molecular weight is 658 g/mol. The number of aliphatic hydroxyl groups is 1. The topological polar surface area (TPSA) is 153 Å². The quantitative estimate of drug-likeness (QED) is 0.108. The Morgan fingerprint density at radius 1 is 0.739 bits per heavy atom. The van der Waals surface area contributed by atoms with Gasteiger partial charge in [0.2, 0.25) is 0 Å². The van der Waals surface area contributed by atoms with Crippen LogP contribution in [0, 0.1) is 0 Å². The molecule has 0 fully saturated rings. The average Bonchev–Trinajstić information content (AvgIpc) is 3.54. The van der Waals surface area contributed by atoms with Crippen molar-refractivity contribution in [3.63, 3.8) is 0 Å². The fourth-order valence-electron chi connectivity index (χ4n) is 4.66. The van der Waals surface area contributed by atoms with Crippen molar-refractivity contribution >= 4 is 77.5 Å². The number of carboxylic acid groups (broad SMARTS) is 1. The number of H-pyrrole nitrogens is 2. The summed E-state index contributed by atoms with van der Waals surface area (Å²) in [6, 6.07) is 16.7. The molecule has 6 aromatic rings. The molecule has 2 aromatic carbocycles. The van der Waals surface area contributed by atoms with Crippen LogP contribution >= 0.6 is 0 Å². The number of aromatic amines is 2. The lowest BCUT2D eigenvalue weighted by atomic mass is 10.1. The molecule has 0 aliphatic rings. The van der Waals surface area contributed by atoms with Crippen molar-refractivity contribution in [1.82, 2.24) is 19.9 Å². The second kappa shape index (κ2) is 14.7. The highest BCUT2D eigenvalue weighted by atomic mass is 28.3. The lowest BCUT2D eigenvalue weighted by molar-refractivity contribution is 0.0697. The highest BCUT2D eigenvalue weighted by Crippen LogP contribution is 2.27. The fraction of sp³-hybridized carbons (Fsp3) is 0.294. The highest BCUT2D eigenvalue weighted by Gasteiger charge is 2.14. The van der Waals surface area contributed by atoms with Gasteiger partial charge in [-0.15, -0.1) is 0 Å². The molecule has 0 saturated heterocycles. The first kappa shape index (κ1) is 34.3. The van der Waals surface area contributed by atoms with Crippen molar-refractivity contribution < 1.29 is 24.5 Å². The van der Waals surface area contributed by atoms with E-state index < -0.39 is 28.2 Å². The van der Waals surface area contributed by atoms with Gasteiger partial charge in [-0.05, 0) is 48.5 Å². The zero-order valence-electron chi connectivity index (χ0n) is 27.3. The number of anilines is 1. The molecule has 0 saturated carbocycles. The van der Waals surface area contributed by atoms with E-state index in [2.05, 4.69) is 64.5 Å². The first-order chi connectivity index (χ1) is 21.7. The van der Waals surface area contributed by atoms with Crippen LogP contribution in [0.3, 0.4) is 0 Å². The van der Waals surface area contributed by atoms with Crippen molar-refractivity contribution in [1.29, 1.82) is 0 Å². The minimum Gasteiger partial charge on any atom is -0.478 e. The number of carboxylic acids is 1. The summed E-state index contributed by atoms with van der Waals surface area (Å²) in [5, 5.41) is 24.4. The van der Waals surface area contributed by atoms with Gasteiger partial charge in [-0.25, -0.2) is 9.59 Å². The molecule has 46 heavy (non-hydrogen) atoms. The summed E-state index contributed by atoms with van der Waals surface area (Å²) in [6.45, 7) is 14.4. The number of carbonyl (C=O) groups is 2. The monoisotopic (exact) mass is 657 g/mol. The number of aromatic nitrogens is 4. The van der Waals surface area contributed by atoms with Crippen LogP contribution in [0.25, 0.3) is 43.6 Å². The van der Waals surface area contributed by atoms with E-state index in [1.807, 2.05) is 36.4 Å². The van der Waals surface area contributed by atoms with Gasteiger partial charge < -0.3 is 24.9 Å². The summed E-state index contributed by atoms with van der Waals surface area (Å²) in [4.78, 5) is 37.3. The summed E-state index contributed by atoms with van der Waals surface area (Å²) < 4.78 is 5.26. The van der Waals surface area contributed by atoms with Gasteiger partial charge in [-0.3, -0.25) is 15.3 Å². The lowest BCUT2D eigenvalue weighted by Crippen LogP contribution is -2.24. The molecule has 0 aliphatic heterocycles. The van der Waals surface area contributed by atoms with Crippen molar-refractivity contribution in [3.8, 4) is 0 Å². The Morgan fingerprint density at radius 3 is 1.76 bits per heavy atom. The molecule has 0 atom stereocenters. The van der Waals surface area contributed by atoms with Crippen LogP contribution in [0.5, 0.6) is 0 Å². The van der Waals surface area contributed by atoms with E-state index in [-0.39, 0.29) is 5.56 Å². The lowest BCUT2D eigenvalue weighted by Gasteiger charge is -2.15. The van der Waals surface area contributed by atoms with Crippen molar-refractivity contribution in [2.45, 2.75) is 51.4 Å². The number of nitrogens with zero attached hydrogens (tertiary/aromatic N) is 2. The van der Waals surface area contributed by atoms with Gasteiger partial charge in [0.15, 0.2) is 0 Å².